The van der Waals surface area contributed by atoms with Crippen LogP contribution in [0.15, 0.2) is 60.7 Å². The molecule has 4 atom stereocenters. The summed E-state index contributed by atoms with van der Waals surface area (Å²) >= 11 is 0. The molecular formula is C29H46N2O2. The summed E-state index contributed by atoms with van der Waals surface area (Å²) in [5.41, 5.74) is 3.02. The number of hydrogen-bond acceptors (Lipinski definition) is 2. The molecule has 2 aliphatic rings. The van der Waals surface area contributed by atoms with Gasteiger partial charge in [-0.1, -0.05) is 60.7 Å². The standard InChI is InChI=1S/C29H44N2.2H2O/c1-30(24-26-14-5-3-6-15-26)22-11-9-18-28(30)20-13-21-29-19-10-12-23-31(29,2)25-27-16-7-4-8-17-27;;/h3-8,14-17,28-29H,9-13,18-25H2,1-2H3;2*1H2/q+2;;/p-2. The molecule has 4 rings (SSSR count). The van der Waals surface area contributed by atoms with E-state index in [1.165, 1.54) is 104 Å². The molecule has 2 aliphatic heterocycles. The van der Waals surface area contributed by atoms with Crippen LogP contribution < -0.4 is 0 Å². The molecule has 2 heterocycles. The summed E-state index contributed by atoms with van der Waals surface area (Å²) in [7, 11) is 5.07. The minimum atomic E-state index is 0. The second-order valence-corrected chi connectivity index (χ2v) is 10.9. The molecule has 0 amide bonds. The third-order valence-electron chi connectivity index (χ3n) is 8.52. The van der Waals surface area contributed by atoms with Crippen LogP contribution in [0.5, 0.6) is 0 Å². The molecule has 0 spiro atoms. The van der Waals surface area contributed by atoms with E-state index in [0.29, 0.717) is 0 Å². The first-order valence-corrected chi connectivity index (χ1v) is 12.8. The topological polar surface area (TPSA) is 60.0 Å². The summed E-state index contributed by atoms with van der Waals surface area (Å²) in [4.78, 5) is 0. The molecular weight excluding hydrogens is 408 g/mol. The molecule has 4 nitrogen and oxygen atoms in total. The Labute approximate surface area is 202 Å². The highest BCUT2D eigenvalue weighted by Gasteiger charge is 2.38. The van der Waals surface area contributed by atoms with E-state index in [-0.39, 0.29) is 11.0 Å². The molecule has 2 fully saturated rings. The maximum atomic E-state index is 2.53. The van der Waals surface area contributed by atoms with Gasteiger partial charge in [0.2, 0.25) is 0 Å². The van der Waals surface area contributed by atoms with Crippen molar-refractivity contribution >= 4 is 0 Å². The Kier molecular flexibility index (Phi) is 10.6. The maximum Gasteiger partial charge on any atom is 0.104 e. The molecule has 0 bridgehead atoms. The van der Waals surface area contributed by atoms with Gasteiger partial charge in [0, 0.05) is 11.1 Å². The van der Waals surface area contributed by atoms with E-state index >= 15 is 0 Å². The van der Waals surface area contributed by atoms with E-state index in [0.717, 1.165) is 12.1 Å². The van der Waals surface area contributed by atoms with Crippen molar-refractivity contribution in [1.29, 1.82) is 0 Å². The van der Waals surface area contributed by atoms with Crippen LogP contribution in [0.4, 0.5) is 0 Å². The van der Waals surface area contributed by atoms with Crippen LogP contribution in [0.3, 0.4) is 0 Å². The molecule has 2 aromatic carbocycles. The summed E-state index contributed by atoms with van der Waals surface area (Å²) in [5, 5.41) is 0. The Morgan fingerprint density at radius 3 is 1.39 bits per heavy atom. The van der Waals surface area contributed by atoms with E-state index in [4.69, 9.17) is 0 Å². The summed E-state index contributed by atoms with van der Waals surface area (Å²) < 4.78 is 2.51. The van der Waals surface area contributed by atoms with Gasteiger partial charge in [-0.3, -0.25) is 0 Å². The predicted molar refractivity (Wildman–Crippen MR) is 135 cm³/mol. The van der Waals surface area contributed by atoms with Crippen LogP contribution in [0, 0.1) is 0 Å². The molecule has 2 aromatic rings. The summed E-state index contributed by atoms with van der Waals surface area (Å²) in [6, 6.07) is 24.1. The zero-order chi connectivity index (χ0) is 21.6. The Morgan fingerprint density at radius 2 is 1.00 bits per heavy atom. The number of benzene rings is 2. The first-order chi connectivity index (χ1) is 15.1. The third kappa shape index (κ3) is 7.13. The molecule has 0 radical (unpaired) electrons. The van der Waals surface area contributed by atoms with Gasteiger partial charge in [-0.25, -0.2) is 0 Å². The minimum absolute atomic E-state index is 0. The largest absolute Gasteiger partial charge is 0.870 e. The minimum Gasteiger partial charge on any atom is -0.870 e. The van der Waals surface area contributed by atoms with Crippen molar-refractivity contribution in [3.8, 4) is 0 Å². The quantitative estimate of drug-likeness (QED) is 0.446. The summed E-state index contributed by atoms with van der Waals surface area (Å²) in [6.07, 6.45) is 12.7. The molecule has 184 valence electrons. The number of piperidine rings is 2. The van der Waals surface area contributed by atoms with Crippen molar-refractivity contribution in [2.45, 2.75) is 83.0 Å². The zero-order valence-electron chi connectivity index (χ0n) is 20.9. The van der Waals surface area contributed by atoms with Crippen LogP contribution in [-0.2, 0) is 13.1 Å². The smallest absolute Gasteiger partial charge is 0.104 e. The van der Waals surface area contributed by atoms with Gasteiger partial charge in [0.1, 0.15) is 13.1 Å². The fraction of sp³-hybridized carbons (Fsp3) is 0.586. The van der Waals surface area contributed by atoms with Crippen molar-refractivity contribution in [3.05, 3.63) is 71.8 Å². The molecule has 0 aromatic heterocycles. The number of likely N-dealkylation sites (tertiary alicyclic amines) is 2. The van der Waals surface area contributed by atoms with Crippen LogP contribution in [0.2, 0.25) is 0 Å². The van der Waals surface area contributed by atoms with E-state index in [1.54, 1.807) is 0 Å². The Bertz CT molecular complexity index is 732. The summed E-state index contributed by atoms with van der Waals surface area (Å²) in [6.45, 7) is 5.11. The van der Waals surface area contributed by atoms with Gasteiger partial charge in [-0.2, -0.15) is 0 Å². The van der Waals surface area contributed by atoms with Crippen molar-refractivity contribution < 1.29 is 19.9 Å². The monoisotopic (exact) mass is 454 g/mol. The number of nitrogens with zero attached hydrogens (tertiary/aromatic N) is 2. The van der Waals surface area contributed by atoms with Crippen LogP contribution in [0.25, 0.3) is 0 Å². The molecule has 2 N–H and O–H groups in total. The maximum absolute atomic E-state index is 2.53. The van der Waals surface area contributed by atoms with Gasteiger partial charge >= 0.3 is 0 Å². The first kappa shape index (κ1) is 27.5. The van der Waals surface area contributed by atoms with Crippen molar-refractivity contribution in [3.63, 3.8) is 0 Å². The normalized spacial score (nSPS) is 29.5. The highest BCUT2D eigenvalue weighted by Crippen LogP contribution is 2.33. The highest BCUT2D eigenvalue weighted by molar-refractivity contribution is 5.14. The van der Waals surface area contributed by atoms with Gasteiger partial charge in [-0.15, -0.1) is 0 Å². The fourth-order valence-electron chi connectivity index (χ4n) is 6.61. The lowest BCUT2D eigenvalue weighted by molar-refractivity contribution is -0.953. The van der Waals surface area contributed by atoms with Gasteiger partial charge in [0.25, 0.3) is 0 Å². The van der Waals surface area contributed by atoms with E-state index in [1.807, 2.05) is 0 Å². The Hall–Kier alpha value is -1.72. The lowest BCUT2D eigenvalue weighted by atomic mass is 9.90. The highest BCUT2D eigenvalue weighted by atomic mass is 16.0. The molecule has 4 heteroatoms. The SMILES string of the molecule is C[N+]1(Cc2ccccc2)CCCCC1CCCC1CCCC[N+]1(C)Cc1ccccc1.[OH-].[OH-]. The van der Waals surface area contributed by atoms with Gasteiger partial charge in [-0.05, 0) is 57.8 Å². The van der Waals surface area contributed by atoms with Crippen LogP contribution in [-0.4, -0.2) is 59.2 Å². The van der Waals surface area contributed by atoms with E-state index < -0.39 is 0 Å². The second kappa shape index (κ2) is 12.7. The number of rotatable bonds is 8. The van der Waals surface area contributed by atoms with Crippen molar-refractivity contribution in [2.24, 2.45) is 0 Å². The fourth-order valence-corrected chi connectivity index (χ4v) is 6.61. The van der Waals surface area contributed by atoms with Crippen molar-refractivity contribution in [2.75, 3.05) is 27.2 Å². The molecule has 33 heavy (non-hydrogen) atoms. The Morgan fingerprint density at radius 1 is 0.606 bits per heavy atom. The molecule has 2 saturated heterocycles. The zero-order valence-corrected chi connectivity index (χ0v) is 20.9. The van der Waals surface area contributed by atoms with Crippen LogP contribution in [0.1, 0.15) is 68.9 Å². The van der Waals surface area contributed by atoms with Crippen LogP contribution >= 0.6 is 0 Å². The Balaban J connectivity index is 0.00000193. The number of hydrogen-bond donors (Lipinski definition) is 0. The third-order valence-corrected chi connectivity index (χ3v) is 8.52. The van der Waals surface area contributed by atoms with Gasteiger partial charge < -0.3 is 19.9 Å². The molecule has 4 unspecified atom stereocenters. The molecule has 0 aliphatic carbocycles. The number of quaternary nitrogens is 2. The van der Waals surface area contributed by atoms with Gasteiger partial charge in [0.05, 0.1) is 39.3 Å². The first-order valence-electron chi connectivity index (χ1n) is 12.8. The van der Waals surface area contributed by atoms with E-state index in [2.05, 4.69) is 74.8 Å². The van der Waals surface area contributed by atoms with E-state index in [9.17, 15) is 0 Å². The average Bonchev–Trinajstić information content (AvgIpc) is 2.77. The lowest BCUT2D eigenvalue weighted by Crippen LogP contribution is -2.55. The van der Waals surface area contributed by atoms with Gasteiger partial charge in [0.15, 0.2) is 0 Å². The average molecular weight is 455 g/mol. The van der Waals surface area contributed by atoms with Crippen molar-refractivity contribution in [1.82, 2.24) is 0 Å². The predicted octanol–water partition coefficient (Wildman–Crippen LogP) is 6.20. The summed E-state index contributed by atoms with van der Waals surface area (Å²) in [5.74, 6) is 0. The lowest BCUT2D eigenvalue weighted by Gasteiger charge is -2.47. The second-order valence-electron chi connectivity index (χ2n) is 10.9. The molecule has 0 saturated carbocycles.